The van der Waals surface area contributed by atoms with Crippen molar-refractivity contribution in [3.63, 3.8) is 0 Å². The molecule has 0 radical (unpaired) electrons. The number of H-pyrrole nitrogens is 1. The number of thiazole rings is 1. The van der Waals surface area contributed by atoms with Crippen LogP contribution in [0.3, 0.4) is 0 Å². The average Bonchev–Trinajstić information content (AvgIpc) is 2.78. The maximum atomic E-state index is 12.2. The summed E-state index contributed by atoms with van der Waals surface area (Å²) in [6.07, 6.45) is 1.30. The van der Waals surface area contributed by atoms with Gasteiger partial charge in [-0.1, -0.05) is 25.2 Å². The van der Waals surface area contributed by atoms with Crippen LogP contribution in [0.4, 0.5) is 5.95 Å². The van der Waals surface area contributed by atoms with E-state index >= 15 is 0 Å². The van der Waals surface area contributed by atoms with E-state index in [2.05, 4.69) is 24.9 Å². The lowest BCUT2D eigenvalue weighted by atomic mass is 10.2. The van der Waals surface area contributed by atoms with E-state index in [9.17, 15) is 13.2 Å². The summed E-state index contributed by atoms with van der Waals surface area (Å²) in [7, 11) is -3.90. The molecular weight excluding hydrogens is 314 g/mol. The molecule has 0 unspecified atom stereocenters. The van der Waals surface area contributed by atoms with E-state index in [1.807, 2.05) is 13.8 Å². The predicted octanol–water partition coefficient (Wildman–Crippen LogP) is 0.855. The summed E-state index contributed by atoms with van der Waals surface area (Å²) < 4.78 is 26.6. The van der Waals surface area contributed by atoms with E-state index in [0.717, 1.165) is 5.69 Å². The van der Waals surface area contributed by atoms with Gasteiger partial charge in [0.2, 0.25) is 0 Å². The van der Waals surface area contributed by atoms with Crippen LogP contribution >= 0.6 is 11.3 Å². The molecule has 0 spiro atoms. The van der Waals surface area contributed by atoms with Gasteiger partial charge in [-0.3, -0.25) is 4.79 Å². The molecule has 2 rings (SSSR count). The topological polar surface area (TPSA) is 118 Å². The fourth-order valence-corrected chi connectivity index (χ4v) is 4.04. The number of rotatable bonds is 5. The molecule has 0 saturated heterocycles. The highest BCUT2D eigenvalue weighted by molar-refractivity contribution is 7.94. The maximum Gasteiger partial charge on any atom is 0.306 e. The van der Waals surface area contributed by atoms with E-state index in [1.165, 1.54) is 6.92 Å². The van der Waals surface area contributed by atoms with Crippen molar-refractivity contribution in [3.8, 4) is 0 Å². The van der Waals surface area contributed by atoms with Crippen molar-refractivity contribution in [1.82, 2.24) is 20.2 Å². The third-order valence-electron chi connectivity index (χ3n) is 2.76. The monoisotopic (exact) mass is 329 g/mol. The summed E-state index contributed by atoms with van der Waals surface area (Å²) in [6, 6.07) is 0. The number of anilines is 1. The van der Waals surface area contributed by atoms with Crippen molar-refractivity contribution in [3.05, 3.63) is 26.7 Å². The molecule has 0 bridgehead atoms. The van der Waals surface area contributed by atoms with Crippen molar-refractivity contribution in [2.45, 2.75) is 37.8 Å². The van der Waals surface area contributed by atoms with Crippen LogP contribution in [0.5, 0.6) is 0 Å². The van der Waals surface area contributed by atoms with Gasteiger partial charge in [-0.25, -0.2) is 18.1 Å². The quantitative estimate of drug-likeness (QED) is 0.840. The van der Waals surface area contributed by atoms with Gasteiger partial charge in [0.1, 0.15) is 0 Å². The molecule has 114 valence electrons. The first-order valence-corrected chi connectivity index (χ1v) is 8.62. The number of nitrogens with zero attached hydrogens (tertiary/aromatic N) is 3. The van der Waals surface area contributed by atoms with E-state index < -0.39 is 14.9 Å². The van der Waals surface area contributed by atoms with Crippen LogP contribution in [0.1, 0.15) is 30.9 Å². The SMILES string of the molecule is CCc1nnc(NS(=O)(=O)c2sc(=O)[nH]c2C)nc1CC. The second-order valence-electron chi connectivity index (χ2n) is 4.27. The number of hydrogen-bond acceptors (Lipinski definition) is 7. The molecule has 2 aromatic heterocycles. The molecule has 21 heavy (non-hydrogen) atoms. The Morgan fingerprint density at radius 3 is 2.38 bits per heavy atom. The molecule has 2 aromatic rings. The Labute approximate surface area is 125 Å². The minimum Gasteiger partial charge on any atom is -0.315 e. The highest BCUT2D eigenvalue weighted by Crippen LogP contribution is 2.18. The predicted molar refractivity (Wildman–Crippen MR) is 79.1 cm³/mol. The second-order valence-corrected chi connectivity index (χ2v) is 7.13. The van der Waals surface area contributed by atoms with Gasteiger partial charge in [0.05, 0.1) is 11.4 Å². The molecule has 2 N–H and O–H groups in total. The van der Waals surface area contributed by atoms with Crippen LogP contribution in [-0.4, -0.2) is 28.6 Å². The summed E-state index contributed by atoms with van der Waals surface area (Å²) in [5, 5.41) is 7.74. The molecular formula is C11H15N5O3S2. The van der Waals surface area contributed by atoms with Crippen molar-refractivity contribution < 1.29 is 8.42 Å². The highest BCUT2D eigenvalue weighted by atomic mass is 32.2. The lowest BCUT2D eigenvalue weighted by Crippen LogP contribution is -2.17. The zero-order valence-electron chi connectivity index (χ0n) is 11.8. The Morgan fingerprint density at radius 2 is 1.86 bits per heavy atom. The Balaban J connectivity index is 2.37. The van der Waals surface area contributed by atoms with Gasteiger partial charge in [0.25, 0.3) is 16.0 Å². The molecule has 0 aliphatic rings. The zero-order valence-corrected chi connectivity index (χ0v) is 13.4. The Bertz CT molecular complexity index is 810. The number of sulfonamides is 1. The number of aryl methyl sites for hydroxylation is 3. The molecule has 2 heterocycles. The van der Waals surface area contributed by atoms with Crippen molar-refractivity contribution in [1.29, 1.82) is 0 Å². The fraction of sp³-hybridized carbons (Fsp3) is 0.455. The summed E-state index contributed by atoms with van der Waals surface area (Å²) in [5.41, 5.74) is 1.72. The molecule has 8 nitrogen and oxygen atoms in total. The summed E-state index contributed by atoms with van der Waals surface area (Å²) in [6.45, 7) is 5.35. The van der Waals surface area contributed by atoms with E-state index in [1.54, 1.807) is 0 Å². The average molecular weight is 329 g/mol. The molecule has 0 aromatic carbocycles. The molecule has 0 aliphatic carbocycles. The van der Waals surface area contributed by atoms with Crippen LogP contribution in [0.25, 0.3) is 0 Å². The molecule has 0 amide bonds. The summed E-state index contributed by atoms with van der Waals surface area (Å²) in [5.74, 6) is -0.0932. The second kappa shape index (κ2) is 5.90. The third-order valence-corrected chi connectivity index (χ3v) is 5.69. The first-order valence-electron chi connectivity index (χ1n) is 6.32. The maximum absolute atomic E-state index is 12.2. The smallest absolute Gasteiger partial charge is 0.306 e. The largest absolute Gasteiger partial charge is 0.315 e. The number of hydrogen-bond donors (Lipinski definition) is 2. The van der Waals surface area contributed by atoms with Crippen LogP contribution in [0.2, 0.25) is 0 Å². The summed E-state index contributed by atoms with van der Waals surface area (Å²) in [4.78, 5) is 17.4. The zero-order chi connectivity index (χ0) is 15.6. The van der Waals surface area contributed by atoms with E-state index in [-0.39, 0.29) is 15.9 Å². The van der Waals surface area contributed by atoms with Gasteiger partial charge in [-0.15, -0.1) is 10.2 Å². The third kappa shape index (κ3) is 3.27. The van der Waals surface area contributed by atoms with E-state index in [4.69, 9.17) is 0 Å². The van der Waals surface area contributed by atoms with Crippen LogP contribution in [0.15, 0.2) is 9.00 Å². The summed E-state index contributed by atoms with van der Waals surface area (Å²) >= 11 is 0.621. The first kappa shape index (κ1) is 15.6. The lowest BCUT2D eigenvalue weighted by molar-refractivity contribution is 0.601. The van der Waals surface area contributed by atoms with Crippen LogP contribution in [-0.2, 0) is 22.9 Å². The van der Waals surface area contributed by atoms with Gasteiger partial charge in [0, 0.05) is 5.69 Å². The number of aromatic amines is 1. The number of nitrogens with one attached hydrogen (secondary N) is 2. The van der Waals surface area contributed by atoms with Crippen molar-refractivity contribution >= 4 is 27.3 Å². The fourth-order valence-electron chi connectivity index (χ4n) is 1.79. The molecule has 10 heteroatoms. The van der Waals surface area contributed by atoms with Crippen molar-refractivity contribution in [2.75, 3.05) is 4.72 Å². The van der Waals surface area contributed by atoms with Crippen LogP contribution < -0.4 is 9.60 Å². The Kier molecular flexibility index (Phi) is 4.37. The van der Waals surface area contributed by atoms with Gasteiger partial charge in [-0.05, 0) is 19.8 Å². The molecule has 0 saturated carbocycles. The van der Waals surface area contributed by atoms with Gasteiger partial charge >= 0.3 is 4.87 Å². The molecule has 0 atom stereocenters. The highest BCUT2D eigenvalue weighted by Gasteiger charge is 2.22. The minimum absolute atomic E-state index is 0.0753. The standard InChI is InChI=1S/C11H15N5O3S2/c1-4-7-8(5-2)14-15-10(13-7)16-21(18,19)9-6(3)12-11(17)20-9/h4-5H2,1-3H3,(H,12,17)(H,13,15,16). The molecule has 0 aliphatic heterocycles. The van der Waals surface area contributed by atoms with Gasteiger partial charge in [0.15, 0.2) is 4.21 Å². The normalized spacial score (nSPS) is 11.6. The molecule has 0 fully saturated rings. The lowest BCUT2D eigenvalue weighted by Gasteiger charge is -2.07. The van der Waals surface area contributed by atoms with Gasteiger partial charge < -0.3 is 4.98 Å². The minimum atomic E-state index is -3.90. The number of aromatic nitrogens is 4. The van der Waals surface area contributed by atoms with E-state index in [0.29, 0.717) is 29.9 Å². The van der Waals surface area contributed by atoms with Gasteiger partial charge in [-0.2, -0.15) is 0 Å². The first-order chi connectivity index (χ1) is 9.87. The Hall–Kier alpha value is -1.81. The van der Waals surface area contributed by atoms with Crippen LogP contribution in [0, 0.1) is 6.92 Å². The van der Waals surface area contributed by atoms with Crippen molar-refractivity contribution in [2.24, 2.45) is 0 Å². The Morgan fingerprint density at radius 1 is 1.19 bits per heavy atom.